The summed E-state index contributed by atoms with van der Waals surface area (Å²) in [7, 11) is 3.18. The van der Waals surface area contributed by atoms with Crippen LogP contribution in [0.5, 0.6) is 5.75 Å². The number of thioether (sulfide) groups is 1. The van der Waals surface area contributed by atoms with Crippen LogP contribution in [0.2, 0.25) is 5.02 Å². The third kappa shape index (κ3) is 4.14. The summed E-state index contributed by atoms with van der Waals surface area (Å²) in [4.78, 5) is 11.1. The number of benzene rings is 1. The van der Waals surface area contributed by atoms with E-state index in [-0.39, 0.29) is 18.3 Å². The van der Waals surface area contributed by atoms with E-state index < -0.39 is 0 Å². The summed E-state index contributed by atoms with van der Waals surface area (Å²) < 4.78 is 12.1. The van der Waals surface area contributed by atoms with Crippen molar-refractivity contribution in [1.82, 2.24) is 14.8 Å². The van der Waals surface area contributed by atoms with E-state index in [1.54, 1.807) is 10.6 Å². The Morgan fingerprint density at radius 3 is 2.86 bits per heavy atom. The molecular weight excluding hydrogens is 326 g/mol. The molecule has 2 rings (SSSR count). The monoisotopic (exact) mass is 341 g/mol. The Balaban J connectivity index is 1.99. The highest BCUT2D eigenvalue weighted by molar-refractivity contribution is 7.99. The molecule has 0 spiro atoms. The lowest BCUT2D eigenvalue weighted by Crippen LogP contribution is -2.07. The van der Waals surface area contributed by atoms with E-state index in [0.717, 1.165) is 11.3 Å². The minimum absolute atomic E-state index is 0.194. The zero-order valence-corrected chi connectivity index (χ0v) is 14.1. The molecule has 0 aliphatic rings. The quantitative estimate of drug-likeness (QED) is 0.594. The summed E-state index contributed by atoms with van der Waals surface area (Å²) in [6.07, 6.45) is 0. The van der Waals surface area contributed by atoms with Gasteiger partial charge in [-0.05, 0) is 30.7 Å². The highest BCUT2D eigenvalue weighted by Gasteiger charge is 2.12. The Morgan fingerprint density at radius 1 is 1.41 bits per heavy atom. The summed E-state index contributed by atoms with van der Waals surface area (Å²) >= 11 is 7.18. The number of carbonyl (C=O) groups is 1. The average Bonchev–Trinajstić information content (AvgIpc) is 2.84. The third-order valence-electron chi connectivity index (χ3n) is 2.97. The van der Waals surface area contributed by atoms with Gasteiger partial charge in [0.25, 0.3) is 0 Å². The van der Waals surface area contributed by atoms with Gasteiger partial charge in [-0.2, -0.15) is 0 Å². The first-order valence-corrected chi connectivity index (χ1v) is 7.84. The first-order valence-electron chi connectivity index (χ1n) is 6.48. The molecule has 6 nitrogen and oxygen atoms in total. The maximum absolute atomic E-state index is 11.1. The van der Waals surface area contributed by atoms with Gasteiger partial charge < -0.3 is 14.0 Å². The lowest BCUT2D eigenvalue weighted by molar-refractivity contribution is -0.137. The van der Waals surface area contributed by atoms with Gasteiger partial charge in [-0.15, -0.1) is 10.2 Å². The Labute approximate surface area is 137 Å². The van der Waals surface area contributed by atoms with Crippen LogP contribution >= 0.6 is 23.4 Å². The predicted molar refractivity (Wildman–Crippen MR) is 84.3 cm³/mol. The van der Waals surface area contributed by atoms with E-state index >= 15 is 0 Å². The van der Waals surface area contributed by atoms with E-state index in [1.165, 1.54) is 18.9 Å². The normalized spacial score (nSPS) is 10.5. The maximum atomic E-state index is 11.1. The lowest BCUT2D eigenvalue weighted by Gasteiger charge is -2.09. The molecule has 0 aliphatic heterocycles. The smallest absolute Gasteiger partial charge is 0.316 e. The molecule has 0 saturated heterocycles. The van der Waals surface area contributed by atoms with Gasteiger partial charge in [0.15, 0.2) is 11.0 Å². The van der Waals surface area contributed by atoms with Crippen molar-refractivity contribution in [2.75, 3.05) is 12.9 Å². The number of methoxy groups -OCH3 is 1. The number of carbonyl (C=O) groups excluding carboxylic acids is 1. The molecule has 118 valence electrons. The molecule has 0 amide bonds. The molecule has 1 aromatic heterocycles. The van der Waals surface area contributed by atoms with E-state index in [0.29, 0.717) is 16.0 Å². The van der Waals surface area contributed by atoms with Crippen molar-refractivity contribution in [3.63, 3.8) is 0 Å². The molecule has 0 atom stereocenters. The summed E-state index contributed by atoms with van der Waals surface area (Å²) in [5.74, 6) is 1.31. The number of aromatic nitrogens is 3. The van der Waals surface area contributed by atoms with Crippen molar-refractivity contribution < 1.29 is 14.3 Å². The summed E-state index contributed by atoms with van der Waals surface area (Å²) in [6, 6.07) is 5.43. The van der Waals surface area contributed by atoms with Crippen LogP contribution in [0, 0.1) is 6.92 Å². The van der Waals surface area contributed by atoms with Crippen LogP contribution in [0.15, 0.2) is 23.4 Å². The largest absolute Gasteiger partial charge is 0.485 e. The molecule has 0 bridgehead atoms. The van der Waals surface area contributed by atoms with Crippen molar-refractivity contribution in [3.05, 3.63) is 34.6 Å². The van der Waals surface area contributed by atoms with E-state index in [2.05, 4.69) is 14.9 Å². The minimum Gasteiger partial charge on any atom is -0.485 e. The summed E-state index contributed by atoms with van der Waals surface area (Å²) in [6.45, 7) is 2.21. The molecule has 0 N–H and O–H groups in total. The van der Waals surface area contributed by atoms with Crippen LogP contribution in [0.3, 0.4) is 0 Å². The second-order valence-electron chi connectivity index (χ2n) is 4.52. The van der Waals surface area contributed by atoms with Gasteiger partial charge in [0.1, 0.15) is 12.4 Å². The van der Waals surface area contributed by atoms with Gasteiger partial charge in [0.05, 0.1) is 12.9 Å². The predicted octanol–water partition coefficient (Wildman–Crippen LogP) is 2.62. The highest BCUT2D eigenvalue weighted by atomic mass is 35.5. The summed E-state index contributed by atoms with van der Waals surface area (Å²) in [5, 5.41) is 9.42. The number of hydrogen-bond acceptors (Lipinski definition) is 6. The molecule has 0 saturated carbocycles. The molecular formula is C14H16ClN3O3S. The zero-order chi connectivity index (χ0) is 16.1. The van der Waals surface area contributed by atoms with Crippen LogP contribution < -0.4 is 4.74 Å². The van der Waals surface area contributed by atoms with Gasteiger partial charge in [-0.25, -0.2) is 0 Å². The molecule has 8 heteroatoms. The highest BCUT2D eigenvalue weighted by Crippen LogP contribution is 2.23. The Bertz CT molecular complexity index is 675. The number of aryl methyl sites for hydroxylation is 1. The molecule has 0 aliphatic carbocycles. The second-order valence-corrected chi connectivity index (χ2v) is 5.90. The van der Waals surface area contributed by atoms with Gasteiger partial charge >= 0.3 is 5.97 Å². The molecule has 1 heterocycles. The number of rotatable bonds is 6. The number of nitrogens with zero attached hydrogens (tertiary/aromatic N) is 3. The third-order valence-corrected chi connectivity index (χ3v) is 4.19. The molecule has 0 fully saturated rings. The van der Waals surface area contributed by atoms with Gasteiger partial charge in [-0.1, -0.05) is 23.4 Å². The van der Waals surface area contributed by atoms with Crippen LogP contribution in [-0.2, 0) is 23.2 Å². The van der Waals surface area contributed by atoms with Crippen LogP contribution in [0.1, 0.15) is 11.4 Å². The van der Waals surface area contributed by atoms with Gasteiger partial charge in [-0.3, -0.25) is 4.79 Å². The Kier molecular flexibility index (Phi) is 5.68. The Morgan fingerprint density at radius 2 is 2.18 bits per heavy atom. The number of ether oxygens (including phenoxy) is 2. The topological polar surface area (TPSA) is 66.2 Å². The second kappa shape index (κ2) is 7.51. The minimum atomic E-state index is -0.303. The average molecular weight is 342 g/mol. The lowest BCUT2D eigenvalue weighted by atomic mass is 10.2. The van der Waals surface area contributed by atoms with Crippen LogP contribution in [-0.4, -0.2) is 33.6 Å². The van der Waals surface area contributed by atoms with Crippen LogP contribution in [0.4, 0.5) is 0 Å². The van der Waals surface area contributed by atoms with E-state index in [9.17, 15) is 4.79 Å². The van der Waals surface area contributed by atoms with Crippen molar-refractivity contribution >= 4 is 29.3 Å². The number of hydrogen-bond donors (Lipinski definition) is 0. The molecule has 2 aromatic rings. The fraction of sp³-hybridized carbons (Fsp3) is 0.357. The standard InChI is InChI=1S/C14H16ClN3O3S/c1-9-6-10(15)4-5-11(9)21-7-12-16-17-14(18(12)2)22-8-13(19)20-3/h4-6H,7-8H2,1-3H3. The first kappa shape index (κ1) is 16.6. The first-order chi connectivity index (χ1) is 10.5. The Hall–Kier alpha value is -1.73. The zero-order valence-electron chi connectivity index (χ0n) is 12.5. The van der Waals surface area contributed by atoms with Gasteiger partial charge in [0.2, 0.25) is 0 Å². The van der Waals surface area contributed by atoms with E-state index in [1.807, 2.05) is 26.1 Å². The summed E-state index contributed by atoms with van der Waals surface area (Å²) in [5.41, 5.74) is 0.954. The fourth-order valence-corrected chi connectivity index (χ4v) is 2.68. The van der Waals surface area contributed by atoms with Crippen LogP contribution in [0.25, 0.3) is 0 Å². The van der Waals surface area contributed by atoms with Gasteiger partial charge in [0, 0.05) is 12.1 Å². The van der Waals surface area contributed by atoms with Crippen molar-refractivity contribution in [3.8, 4) is 5.75 Å². The number of esters is 1. The SMILES string of the molecule is COC(=O)CSc1nnc(COc2ccc(Cl)cc2C)n1C. The number of halogens is 1. The fourth-order valence-electron chi connectivity index (χ4n) is 1.70. The van der Waals surface area contributed by atoms with Crippen molar-refractivity contribution in [2.24, 2.45) is 7.05 Å². The molecule has 0 radical (unpaired) electrons. The molecule has 22 heavy (non-hydrogen) atoms. The molecule has 1 aromatic carbocycles. The molecule has 0 unspecified atom stereocenters. The maximum Gasteiger partial charge on any atom is 0.316 e. The van der Waals surface area contributed by atoms with Crippen molar-refractivity contribution in [2.45, 2.75) is 18.7 Å². The van der Waals surface area contributed by atoms with E-state index in [4.69, 9.17) is 16.3 Å². The van der Waals surface area contributed by atoms with Crippen molar-refractivity contribution in [1.29, 1.82) is 0 Å².